The van der Waals surface area contributed by atoms with Gasteiger partial charge in [0.1, 0.15) is 5.75 Å². The topological polar surface area (TPSA) is 79.5 Å². The van der Waals surface area contributed by atoms with Crippen molar-refractivity contribution in [2.75, 3.05) is 32.1 Å². The molecule has 1 aromatic carbocycles. The molecule has 1 aliphatic rings. The highest BCUT2D eigenvalue weighted by Crippen LogP contribution is 2.19. The van der Waals surface area contributed by atoms with Gasteiger partial charge in [0.15, 0.2) is 6.61 Å². The second-order valence-corrected chi connectivity index (χ2v) is 5.10. The quantitative estimate of drug-likeness (QED) is 0.722. The van der Waals surface area contributed by atoms with Crippen LogP contribution in [0.1, 0.15) is 12.8 Å². The minimum Gasteiger partial charge on any atom is -0.484 e. The Kier molecular flexibility index (Phi) is 5.57. The Balaban J connectivity index is 1.84. The molecule has 0 bridgehead atoms. The molecule has 114 valence electrons. The van der Waals surface area contributed by atoms with Crippen LogP contribution in [0.2, 0.25) is 0 Å². The Bertz CT molecular complexity index is 499. The third-order valence-electron chi connectivity index (χ3n) is 3.40. The fraction of sp³-hybridized carbons (Fsp3) is 0.467. The molecule has 1 atom stereocenters. The van der Waals surface area contributed by atoms with E-state index in [1.54, 1.807) is 31.3 Å². The average molecular weight is 291 g/mol. The molecular weight excluding hydrogens is 270 g/mol. The van der Waals surface area contributed by atoms with Gasteiger partial charge < -0.3 is 20.7 Å². The van der Waals surface area contributed by atoms with E-state index in [0.29, 0.717) is 23.8 Å². The number of benzene rings is 1. The van der Waals surface area contributed by atoms with Crippen LogP contribution in [0.3, 0.4) is 0 Å². The molecule has 0 radical (unpaired) electrons. The van der Waals surface area contributed by atoms with Gasteiger partial charge in [-0.2, -0.15) is 0 Å². The summed E-state index contributed by atoms with van der Waals surface area (Å²) in [6.45, 7) is 1.85. The van der Waals surface area contributed by atoms with Crippen LogP contribution in [0.5, 0.6) is 5.75 Å². The minimum atomic E-state index is -0.196. The van der Waals surface area contributed by atoms with Crippen molar-refractivity contribution in [2.24, 2.45) is 5.92 Å². The standard InChI is InChI=1S/C15H21N3O3/c1-16-15(20)10-21-13-4-2-3-12(8-13)18-14(19)7-11-5-6-17-9-11/h2-4,8,11,17H,5-7,9-10H2,1H3,(H,16,20)(H,18,19). The number of carbonyl (C=O) groups excluding carboxylic acids is 2. The smallest absolute Gasteiger partial charge is 0.257 e. The Morgan fingerprint density at radius 2 is 2.24 bits per heavy atom. The molecule has 0 aromatic heterocycles. The molecule has 1 heterocycles. The lowest BCUT2D eigenvalue weighted by Gasteiger charge is -2.10. The Labute approximate surface area is 124 Å². The number of hydrogen-bond donors (Lipinski definition) is 3. The van der Waals surface area contributed by atoms with Crippen LogP contribution < -0.4 is 20.7 Å². The zero-order chi connectivity index (χ0) is 15.1. The third kappa shape index (κ3) is 5.07. The molecule has 2 amide bonds. The molecule has 2 rings (SSSR count). The van der Waals surface area contributed by atoms with Crippen LogP contribution in [-0.4, -0.2) is 38.6 Å². The lowest BCUT2D eigenvalue weighted by Crippen LogP contribution is -2.24. The van der Waals surface area contributed by atoms with Crippen molar-refractivity contribution in [3.63, 3.8) is 0 Å². The van der Waals surface area contributed by atoms with Crippen LogP contribution in [0.15, 0.2) is 24.3 Å². The molecule has 3 N–H and O–H groups in total. The molecule has 0 aliphatic carbocycles. The average Bonchev–Trinajstić information content (AvgIpc) is 2.97. The third-order valence-corrected chi connectivity index (χ3v) is 3.40. The van der Waals surface area contributed by atoms with Gasteiger partial charge in [-0.25, -0.2) is 0 Å². The number of anilines is 1. The first kappa shape index (κ1) is 15.3. The monoisotopic (exact) mass is 291 g/mol. The zero-order valence-electron chi connectivity index (χ0n) is 12.1. The van der Waals surface area contributed by atoms with Crippen LogP contribution >= 0.6 is 0 Å². The van der Waals surface area contributed by atoms with E-state index in [1.807, 2.05) is 0 Å². The van der Waals surface area contributed by atoms with Gasteiger partial charge in [0, 0.05) is 25.2 Å². The van der Waals surface area contributed by atoms with Crippen molar-refractivity contribution in [1.29, 1.82) is 0 Å². The van der Waals surface area contributed by atoms with E-state index in [2.05, 4.69) is 16.0 Å². The normalized spacial score (nSPS) is 17.3. The highest BCUT2D eigenvalue weighted by molar-refractivity contribution is 5.91. The number of ether oxygens (including phenoxy) is 1. The molecule has 1 fully saturated rings. The maximum atomic E-state index is 11.9. The summed E-state index contributed by atoms with van der Waals surface area (Å²) in [5.74, 6) is 0.780. The second kappa shape index (κ2) is 7.64. The van der Waals surface area contributed by atoms with Gasteiger partial charge in [-0.05, 0) is 37.6 Å². The van der Waals surface area contributed by atoms with Gasteiger partial charge in [-0.3, -0.25) is 9.59 Å². The van der Waals surface area contributed by atoms with E-state index < -0.39 is 0 Å². The van der Waals surface area contributed by atoms with Crippen molar-refractivity contribution in [3.8, 4) is 5.75 Å². The largest absolute Gasteiger partial charge is 0.484 e. The maximum Gasteiger partial charge on any atom is 0.257 e. The molecular formula is C15H21N3O3. The van der Waals surface area contributed by atoms with E-state index in [1.165, 1.54) is 0 Å². The fourth-order valence-corrected chi connectivity index (χ4v) is 2.25. The summed E-state index contributed by atoms with van der Waals surface area (Å²) in [6, 6.07) is 7.05. The number of likely N-dealkylation sites (N-methyl/N-ethyl adjacent to an activating group) is 1. The van der Waals surface area contributed by atoms with E-state index in [0.717, 1.165) is 19.5 Å². The summed E-state index contributed by atoms with van der Waals surface area (Å²) < 4.78 is 5.34. The molecule has 1 aromatic rings. The van der Waals surface area contributed by atoms with Crippen molar-refractivity contribution < 1.29 is 14.3 Å². The minimum absolute atomic E-state index is 0.00662. The van der Waals surface area contributed by atoms with Gasteiger partial charge in [0.2, 0.25) is 5.91 Å². The summed E-state index contributed by atoms with van der Waals surface area (Å²) >= 11 is 0. The first-order valence-corrected chi connectivity index (χ1v) is 7.11. The number of rotatable bonds is 6. The first-order valence-electron chi connectivity index (χ1n) is 7.11. The van der Waals surface area contributed by atoms with Gasteiger partial charge in [0.25, 0.3) is 5.91 Å². The summed E-state index contributed by atoms with van der Waals surface area (Å²) in [7, 11) is 1.56. The van der Waals surface area contributed by atoms with Crippen molar-refractivity contribution in [1.82, 2.24) is 10.6 Å². The van der Waals surface area contributed by atoms with E-state index >= 15 is 0 Å². The Morgan fingerprint density at radius 1 is 1.38 bits per heavy atom. The van der Waals surface area contributed by atoms with Gasteiger partial charge >= 0.3 is 0 Å². The van der Waals surface area contributed by atoms with Gasteiger partial charge in [-0.15, -0.1) is 0 Å². The van der Waals surface area contributed by atoms with Crippen molar-refractivity contribution >= 4 is 17.5 Å². The number of nitrogens with one attached hydrogen (secondary N) is 3. The van der Waals surface area contributed by atoms with E-state index in [9.17, 15) is 9.59 Å². The fourth-order valence-electron chi connectivity index (χ4n) is 2.25. The highest BCUT2D eigenvalue weighted by Gasteiger charge is 2.18. The molecule has 0 saturated carbocycles. The molecule has 0 spiro atoms. The number of amides is 2. The van der Waals surface area contributed by atoms with E-state index in [-0.39, 0.29) is 18.4 Å². The molecule has 6 nitrogen and oxygen atoms in total. The second-order valence-electron chi connectivity index (χ2n) is 5.10. The predicted molar refractivity (Wildman–Crippen MR) is 80.2 cm³/mol. The first-order chi connectivity index (χ1) is 10.2. The number of carbonyl (C=O) groups is 2. The lowest BCUT2D eigenvalue weighted by atomic mass is 10.0. The van der Waals surface area contributed by atoms with Crippen molar-refractivity contribution in [3.05, 3.63) is 24.3 Å². The van der Waals surface area contributed by atoms with Gasteiger partial charge in [0.05, 0.1) is 0 Å². The van der Waals surface area contributed by atoms with Gasteiger partial charge in [-0.1, -0.05) is 6.07 Å². The summed E-state index contributed by atoms with van der Waals surface area (Å²) in [5, 5.41) is 8.59. The highest BCUT2D eigenvalue weighted by atomic mass is 16.5. The van der Waals surface area contributed by atoms with E-state index in [4.69, 9.17) is 4.74 Å². The SMILES string of the molecule is CNC(=O)COc1cccc(NC(=O)CC2CCNC2)c1. The van der Waals surface area contributed by atoms with Crippen LogP contribution in [0.25, 0.3) is 0 Å². The zero-order valence-corrected chi connectivity index (χ0v) is 12.1. The molecule has 21 heavy (non-hydrogen) atoms. The summed E-state index contributed by atoms with van der Waals surface area (Å²) in [4.78, 5) is 23.1. The number of hydrogen-bond acceptors (Lipinski definition) is 4. The van der Waals surface area contributed by atoms with Crippen LogP contribution in [0, 0.1) is 5.92 Å². The van der Waals surface area contributed by atoms with Crippen LogP contribution in [0.4, 0.5) is 5.69 Å². The summed E-state index contributed by atoms with van der Waals surface area (Å²) in [6.07, 6.45) is 1.57. The lowest BCUT2D eigenvalue weighted by molar-refractivity contribution is -0.122. The molecule has 1 aliphatic heterocycles. The van der Waals surface area contributed by atoms with Crippen molar-refractivity contribution in [2.45, 2.75) is 12.8 Å². The predicted octanol–water partition coefficient (Wildman–Crippen LogP) is 0.749. The molecule has 1 saturated heterocycles. The molecule has 1 unspecified atom stereocenters. The molecule has 6 heteroatoms. The Morgan fingerprint density at radius 3 is 2.95 bits per heavy atom. The van der Waals surface area contributed by atoms with Crippen LogP contribution in [-0.2, 0) is 9.59 Å². The maximum absolute atomic E-state index is 11.9. The summed E-state index contributed by atoms with van der Waals surface area (Å²) in [5.41, 5.74) is 0.681. The Hall–Kier alpha value is -2.08.